The number of furan rings is 1. The fourth-order valence-electron chi connectivity index (χ4n) is 1.97. The zero-order valence-corrected chi connectivity index (χ0v) is 13.2. The molecule has 0 aliphatic carbocycles. The van der Waals surface area contributed by atoms with Crippen molar-refractivity contribution < 1.29 is 19.1 Å². The van der Waals surface area contributed by atoms with Crippen LogP contribution in [0.4, 0.5) is 5.69 Å². The Balaban J connectivity index is 2.23. The summed E-state index contributed by atoms with van der Waals surface area (Å²) in [4.78, 5) is 11.3. The van der Waals surface area contributed by atoms with Gasteiger partial charge in [0, 0.05) is 25.2 Å². The third kappa shape index (κ3) is 3.81. The molecule has 118 valence electrons. The number of hydrogen-bond acceptors (Lipinski definition) is 5. The van der Waals surface area contributed by atoms with Gasteiger partial charge in [0.2, 0.25) is 0 Å². The number of methoxy groups -OCH3 is 1. The van der Waals surface area contributed by atoms with Crippen molar-refractivity contribution in [2.75, 3.05) is 24.9 Å². The Hall–Kier alpha value is -1.98. The molecule has 0 radical (unpaired) electrons. The number of halogens is 1. The van der Waals surface area contributed by atoms with Gasteiger partial charge in [-0.15, -0.1) is 11.6 Å². The summed E-state index contributed by atoms with van der Waals surface area (Å²) in [5.74, 6) is 1.52. The average Bonchev–Trinajstić information content (AvgIpc) is 3.02. The number of ketones is 1. The molecule has 0 aliphatic heterocycles. The molecule has 1 aromatic heterocycles. The Morgan fingerprint density at radius 1 is 1.41 bits per heavy atom. The van der Waals surface area contributed by atoms with Gasteiger partial charge >= 0.3 is 0 Å². The molecule has 1 unspecified atom stereocenters. The number of nitrogens with one attached hydrogen (secondary N) is 1. The summed E-state index contributed by atoms with van der Waals surface area (Å²) in [7, 11) is 1.56. The Morgan fingerprint density at radius 2 is 2.18 bits per heavy atom. The van der Waals surface area contributed by atoms with Gasteiger partial charge in [0.05, 0.1) is 24.7 Å². The van der Waals surface area contributed by atoms with Gasteiger partial charge in [-0.25, -0.2) is 0 Å². The van der Waals surface area contributed by atoms with E-state index in [-0.39, 0.29) is 11.7 Å². The summed E-state index contributed by atoms with van der Waals surface area (Å²) in [6.45, 7) is 1.80. The SMILES string of the molecule is COc1cc(NCC(O)CCl)ccc1-c1ccc(C(C)=O)o1. The molecule has 1 atom stereocenters. The van der Waals surface area contributed by atoms with Crippen LogP contribution in [0.2, 0.25) is 0 Å². The first-order chi connectivity index (χ1) is 10.5. The summed E-state index contributed by atoms with van der Waals surface area (Å²) >= 11 is 5.56. The van der Waals surface area contributed by atoms with Gasteiger partial charge < -0.3 is 19.6 Å². The highest BCUT2D eigenvalue weighted by Crippen LogP contribution is 2.33. The molecule has 0 saturated carbocycles. The molecule has 0 fully saturated rings. The molecule has 0 aliphatic rings. The maximum atomic E-state index is 11.3. The van der Waals surface area contributed by atoms with E-state index in [1.54, 1.807) is 25.3 Å². The normalized spacial score (nSPS) is 12.0. The molecule has 5 nitrogen and oxygen atoms in total. The minimum Gasteiger partial charge on any atom is -0.496 e. The summed E-state index contributed by atoms with van der Waals surface area (Å²) in [5, 5.41) is 12.5. The molecule has 0 bridgehead atoms. The number of aliphatic hydroxyl groups excluding tert-OH is 1. The molecule has 6 heteroatoms. The lowest BCUT2D eigenvalue weighted by atomic mass is 10.1. The summed E-state index contributed by atoms with van der Waals surface area (Å²) < 4.78 is 10.9. The van der Waals surface area contributed by atoms with Gasteiger partial charge in [-0.2, -0.15) is 0 Å². The summed E-state index contributed by atoms with van der Waals surface area (Å²) in [5.41, 5.74) is 1.54. The zero-order valence-electron chi connectivity index (χ0n) is 12.4. The van der Waals surface area contributed by atoms with Crippen LogP contribution in [-0.4, -0.2) is 36.5 Å². The number of hydrogen-bond donors (Lipinski definition) is 2. The highest BCUT2D eigenvalue weighted by atomic mass is 35.5. The number of carbonyl (C=O) groups is 1. The molecule has 1 aromatic carbocycles. The van der Waals surface area contributed by atoms with E-state index in [4.69, 9.17) is 20.8 Å². The van der Waals surface area contributed by atoms with E-state index in [1.807, 2.05) is 12.1 Å². The van der Waals surface area contributed by atoms with Crippen LogP contribution >= 0.6 is 11.6 Å². The van der Waals surface area contributed by atoms with Crippen LogP contribution in [0.5, 0.6) is 5.75 Å². The molecule has 2 N–H and O–H groups in total. The maximum absolute atomic E-state index is 11.3. The van der Waals surface area contributed by atoms with E-state index in [1.165, 1.54) is 6.92 Å². The van der Waals surface area contributed by atoms with Crippen LogP contribution in [0.3, 0.4) is 0 Å². The number of rotatable bonds is 7. The van der Waals surface area contributed by atoms with Crippen LogP contribution in [0.1, 0.15) is 17.5 Å². The number of alkyl halides is 1. The van der Waals surface area contributed by atoms with E-state index in [0.29, 0.717) is 23.8 Å². The Morgan fingerprint density at radius 3 is 2.77 bits per heavy atom. The van der Waals surface area contributed by atoms with Gasteiger partial charge in [-0.1, -0.05) is 0 Å². The highest BCUT2D eigenvalue weighted by Gasteiger charge is 2.13. The van der Waals surface area contributed by atoms with Crippen LogP contribution in [0.25, 0.3) is 11.3 Å². The standard InChI is InChI=1S/C16H18ClNO4/c1-10(19)14-5-6-15(22-14)13-4-3-11(7-16(13)21-2)18-9-12(20)8-17/h3-7,12,18,20H,8-9H2,1-2H3. The van der Waals surface area contributed by atoms with Crippen molar-refractivity contribution >= 4 is 23.1 Å². The Kier molecular flexibility index (Phi) is 5.46. The minimum absolute atomic E-state index is 0.126. The monoisotopic (exact) mass is 323 g/mol. The van der Waals surface area contributed by atoms with Crippen molar-refractivity contribution in [1.82, 2.24) is 0 Å². The van der Waals surface area contributed by atoms with Crippen molar-refractivity contribution in [2.45, 2.75) is 13.0 Å². The Bertz CT molecular complexity index is 653. The lowest BCUT2D eigenvalue weighted by molar-refractivity contribution is 0.0988. The molecule has 0 spiro atoms. The first-order valence-corrected chi connectivity index (χ1v) is 7.35. The number of anilines is 1. The van der Waals surface area contributed by atoms with Gasteiger partial charge in [-0.05, 0) is 24.3 Å². The lowest BCUT2D eigenvalue weighted by Gasteiger charge is -2.13. The van der Waals surface area contributed by atoms with E-state index in [2.05, 4.69) is 5.32 Å². The topological polar surface area (TPSA) is 71.7 Å². The summed E-state index contributed by atoms with van der Waals surface area (Å²) in [6, 6.07) is 8.84. The highest BCUT2D eigenvalue weighted by molar-refractivity contribution is 6.18. The number of Topliss-reactive ketones (excluding diaryl/α,β-unsaturated/α-hetero) is 1. The quantitative estimate of drug-likeness (QED) is 0.605. The van der Waals surface area contributed by atoms with Crippen molar-refractivity contribution in [3.05, 3.63) is 36.1 Å². The Labute approximate surface area is 133 Å². The number of benzene rings is 1. The second-order valence-electron chi connectivity index (χ2n) is 4.82. The fraction of sp³-hybridized carbons (Fsp3) is 0.312. The van der Waals surface area contributed by atoms with Gasteiger partial charge in [0.15, 0.2) is 11.5 Å². The third-order valence-corrected chi connectivity index (χ3v) is 3.50. The van der Waals surface area contributed by atoms with Gasteiger partial charge in [-0.3, -0.25) is 4.79 Å². The van der Waals surface area contributed by atoms with Gasteiger partial charge in [0.1, 0.15) is 11.5 Å². The molecular formula is C16H18ClNO4. The van der Waals surface area contributed by atoms with Crippen LogP contribution < -0.4 is 10.1 Å². The molecular weight excluding hydrogens is 306 g/mol. The number of ether oxygens (including phenoxy) is 1. The second kappa shape index (κ2) is 7.33. The summed E-state index contributed by atoms with van der Waals surface area (Å²) in [6.07, 6.45) is -0.615. The molecule has 22 heavy (non-hydrogen) atoms. The minimum atomic E-state index is -0.615. The largest absolute Gasteiger partial charge is 0.496 e. The third-order valence-electron chi connectivity index (χ3n) is 3.14. The van der Waals surface area contributed by atoms with Crippen LogP contribution in [0.15, 0.2) is 34.7 Å². The average molecular weight is 324 g/mol. The van der Waals surface area contributed by atoms with Gasteiger partial charge in [0.25, 0.3) is 0 Å². The molecule has 0 saturated heterocycles. The molecule has 1 heterocycles. The van der Waals surface area contributed by atoms with E-state index < -0.39 is 6.10 Å². The number of aliphatic hydroxyl groups is 1. The van der Waals surface area contributed by atoms with Crippen molar-refractivity contribution in [3.8, 4) is 17.1 Å². The predicted molar refractivity (Wildman–Crippen MR) is 85.9 cm³/mol. The first-order valence-electron chi connectivity index (χ1n) is 6.82. The fourth-order valence-corrected chi connectivity index (χ4v) is 2.08. The van der Waals surface area contributed by atoms with Crippen LogP contribution in [0, 0.1) is 0 Å². The lowest BCUT2D eigenvalue weighted by Crippen LogP contribution is -2.20. The molecule has 2 rings (SSSR count). The first kappa shape index (κ1) is 16.4. The van der Waals surface area contributed by atoms with E-state index >= 15 is 0 Å². The van der Waals surface area contributed by atoms with Crippen molar-refractivity contribution in [3.63, 3.8) is 0 Å². The molecule has 0 amide bonds. The van der Waals surface area contributed by atoms with Crippen LogP contribution in [-0.2, 0) is 0 Å². The maximum Gasteiger partial charge on any atom is 0.194 e. The number of carbonyl (C=O) groups excluding carboxylic acids is 1. The van der Waals surface area contributed by atoms with E-state index in [0.717, 1.165) is 11.3 Å². The van der Waals surface area contributed by atoms with Crippen molar-refractivity contribution in [2.24, 2.45) is 0 Å². The second-order valence-corrected chi connectivity index (χ2v) is 5.13. The molecule has 2 aromatic rings. The smallest absolute Gasteiger partial charge is 0.194 e. The zero-order chi connectivity index (χ0) is 16.1. The predicted octanol–water partition coefficient (Wildman–Crippen LogP) is 3.17. The van der Waals surface area contributed by atoms with Crippen molar-refractivity contribution in [1.29, 1.82) is 0 Å². The van der Waals surface area contributed by atoms with E-state index in [9.17, 15) is 9.90 Å².